The number of rotatable bonds is 4. The molecule has 0 unspecified atom stereocenters. The summed E-state index contributed by atoms with van der Waals surface area (Å²) in [4.78, 5) is 12.0. The lowest BCUT2D eigenvalue weighted by Gasteiger charge is -2.04. The van der Waals surface area contributed by atoms with Crippen LogP contribution in [0.5, 0.6) is 0 Å². The van der Waals surface area contributed by atoms with Crippen LogP contribution in [0.25, 0.3) is 11.0 Å². The van der Waals surface area contributed by atoms with Crippen LogP contribution in [0, 0.1) is 11.3 Å². The number of oxime groups is 1. The highest BCUT2D eigenvalue weighted by Gasteiger charge is 2.07. The maximum Gasteiger partial charge on any atom is 0.211 e. The van der Waals surface area contributed by atoms with E-state index in [1.54, 1.807) is 0 Å². The molecule has 5 nitrogen and oxygen atoms in total. The highest BCUT2D eigenvalue weighted by molar-refractivity contribution is 6.02. The van der Waals surface area contributed by atoms with E-state index in [-0.39, 0.29) is 0 Å². The normalized spacial score (nSPS) is 11.5. The third kappa shape index (κ3) is 2.33. The number of benzene rings is 1. The van der Waals surface area contributed by atoms with Gasteiger partial charge in [0.1, 0.15) is 13.2 Å². The van der Waals surface area contributed by atoms with Gasteiger partial charge >= 0.3 is 0 Å². The minimum atomic E-state index is 0.322. The quantitative estimate of drug-likeness (QED) is 0.661. The van der Waals surface area contributed by atoms with Crippen LogP contribution < -0.4 is 0 Å². The molecule has 0 fully saturated rings. The van der Waals surface area contributed by atoms with E-state index in [1.807, 2.05) is 24.3 Å². The first kappa shape index (κ1) is 12.1. The van der Waals surface area contributed by atoms with E-state index in [2.05, 4.69) is 22.0 Å². The van der Waals surface area contributed by atoms with Gasteiger partial charge in [-0.25, -0.2) is 4.98 Å². The molecule has 0 aliphatic heterocycles. The Balaban J connectivity index is 2.45. The molecule has 0 aliphatic carbocycles. The molecule has 0 spiro atoms. The molecule has 1 heterocycles. The summed E-state index contributed by atoms with van der Waals surface area (Å²) >= 11 is 0. The molecule has 1 aromatic carbocycles. The van der Waals surface area contributed by atoms with Gasteiger partial charge in [0.05, 0.1) is 16.7 Å². The van der Waals surface area contributed by atoms with Crippen molar-refractivity contribution < 1.29 is 4.84 Å². The van der Waals surface area contributed by atoms with E-state index >= 15 is 0 Å². The van der Waals surface area contributed by atoms with Crippen molar-refractivity contribution in [3.05, 3.63) is 29.6 Å². The summed E-state index contributed by atoms with van der Waals surface area (Å²) in [5.41, 5.74) is 3.50. The molecule has 5 heteroatoms. The minimum Gasteiger partial charge on any atom is -0.399 e. The van der Waals surface area contributed by atoms with Crippen LogP contribution >= 0.6 is 0 Å². The van der Waals surface area contributed by atoms with Crippen LogP contribution in [-0.4, -0.2) is 22.8 Å². The fourth-order valence-electron chi connectivity index (χ4n) is 1.83. The Morgan fingerprint density at radius 2 is 2.39 bits per heavy atom. The summed E-state index contributed by atoms with van der Waals surface area (Å²) in [6.07, 6.45) is 1.84. The number of fused-ring (bicyclic) bond motifs is 1. The van der Waals surface area contributed by atoms with Crippen LogP contribution in [0.1, 0.15) is 31.2 Å². The molecular weight excluding hydrogens is 228 g/mol. The molecule has 2 rings (SSSR count). The molecule has 0 saturated heterocycles. The average molecular weight is 242 g/mol. The summed E-state index contributed by atoms with van der Waals surface area (Å²) < 4.78 is 0. The molecule has 0 saturated carbocycles. The van der Waals surface area contributed by atoms with Crippen molar-refractivity contribution in [3.63, 3.8) is 0 Å². The van der Waals surface area contributed by atoms with Gasteiger partial charge in [-0.15, -0.1) is 0 Å². The summed E-state index contributed by atoms with van der Waals surface area (Å²) in [5, 5.41) is 12.8. The summed E-state index contributed by atoms with van der Waals surface area (Å²) in [7, 11) is 1.54. The summed E-state index contributed by atoms with van der Waals surface area (Å²) in [5.74, 6) is 0.322. The third-order valence-corrected chi connectivity index (χ3v) is 2.61. The summed E-state index contributed by atoms with van der Waals surface area (Å²) in [6, 6.07) is 7.76. The average Bonchev–Trinajstić information content (AvgIpc) is 2.80. The molecule has 92 valence electrons. The van der Waals surface area contributed by atoms with Gasteiger partial charge in [-0.05, 0) is 18.6 Å². The number of nitrogens with one attached hydrogen (secondary N) is 1. The second-order valence-electron chi connectivity index (χ2n) is 3.90. The molecule has 2 aromatic rings. The lowest BCUT2D eigenvalue weighted by atomic mass is 10.1. The second kappa shape index (κ2) is 5.32. The van der Waals surface area contributed by atoms with Gasteiger partial charge in [0.2, 0.25) is 5.82 Å². The second-order valence-corrected chi connectivity index (χ2v) is 3.90. The number of imidazole rings is 1. The zero-order chi connectivity index (χ0) is 13.0. The first-order valence-corrected chi connectivity index (χ1v) is 5.78. The lowest BCUT2D eigenvalue weighted by Crippen LogP contribution is -2.01. The van der Waals surface area contributed by atoms with E-state index in [0.717, 1.165) is 35.2 Å². The van der Waals surface area contributed by atoms with E-state index in [4.69, 9.17) is 10.1 Å². The van der Waals surface area contributed by atoms with Gasteiger partial charge in [0, 0.05) is 5.56 Å². The van der Waals surface area contributed by atoms with Gasteiger partial charge in [-0.2, -0.15) is 5.26 Å². The maximum atomic E-state index is 8.80. The van der Waals surface area contributed by atoms with Crippen molar-refractivity contribution in [2.45, 2.75) is 19.8 Å². The van der Waals surface area contributed by atoms with Crippen molar-refractivity contribution in [1.82, 2.24) is 9.97 Å². The highest BCUT2D eigenvalue weighted by Crippen LogP contribution is 2.16. The smallest absolute Gasteiger partial charge is 0.211 e. The van der Waals surface area contributed by atoms with Crippen molar-refractivity contribution >= 4 is 16.7 Å². The lowest BCUT2D eigenvalue weighted by molar-refractivity contribution is 0.213. The van der Waals surface area contributed by atoms with Crippen LogP contribution in [0.4, 0.5) is 0 Å². The highest BCUT2D eigenvalue weighted by atomic mass is 16.6. The predicted octanol–water partition coefficient (Wildman–Crippen LogP) is 2.59. The number of nitriles is 1. The number of aromatic amines is 1. The molecular formula is C13H14N4O. The van der Waals surface area contributed by atoms with E-state index in [0.29, 0.717) is 5.82 Å². The zero-order valence-corrected chi connectivity index (χ0v) is 10.4. The fraction of sp³-hybridized carbons (Fsp3) is 0.308. The number of nitrogens with zero attached hydrogens (tertiary/aromatic N) is 3. The molecule has 0 aliphatic rings. The van der Waals surface area contributed by atoms with E-state index in [1.165, 1.54) is 7.11 Å². The Morgan fingerprint density at radius 1 is 1.56 bits per heavy atom. The fourth-order valence-corrected chi connectivity index (χ4v) is 1.83. The SMILES string of the molecule is CCCC(=NOC)c1ccc2nc(C#N)[nH]c2c1. The Morgan fingerprint density at radius 3 is 3.06 bits per heavy atom. The van der Waals surface area contributed by atoms with Crippen LogP contribution in [0.15, 0.2) is 23.4 Å². The Bertz CT molecular complexity index is 621. The standard InChI is InChI=1S/C13H14N4O/c1-3-4-10(17-18-2)9-5-6-11-12(7-9)16-13(8-14)15-11/h5-7H,3-4H2,1-2H3,(H,15,16). The topological polar surface area (TPSA) is 74.1 Å². The number of hydrogen-bond acceptors (Lipinski definition) is 4. The van der Waals surface area contributed by atoms with Crippen LogP contribution in [0.3, 0.4) is 0 Å². The third-order valence-electron chi connectivity index (χ3n) is 2.61. The molecule has 0 amide bonds. The minimum absolute atomic E-state index is 0.322. The van der Waals surface area contributed by atoms with Crippen molar-refractivity contribution in [2.75, 3.05) is 7.11 Å². The monoisotopic (exact) mass is 242 g/mol. The number of hydrogen-bond donors (Lipinski definition) is 1. The molecule has 0 atom stereocenters. The van der Waals surface area contributed by atoms with Crippen LogP contribution in [-0.2, 0) is 4.84 Å². The van der Waals surface area contributed by atoms with Gasteiger partial charge in [0.15, 0.2) is 0 Å². The van der Waals surface area contributed by atoms with Crippen molar-refractivity contribution in [2.24, 2.45) is 5.16 Å². The predicted molar refractivity (Wildman–Crippen MR) is 69.3 cm³/mol. The molecule has 0 bridgehead atoms. The Kier molecular flexibility index (Phi) is 3.58. The maximum absolute atomic E-state index is 8.80. The van der Waals surface area contributed by atoms with E-state index in [9.17, 15) is 0 Å². The van der Waals surface area contributed by atoms with E-state index < -0.39 is 0 Å². The van der Waals surface area contributed by atoms with Crippen molar-refractivity contribution in [1.29, 1.82) is 5.26 Å². The Labute approximate surface area is 105 Å². The first-order valence-electron chi connectivity index (χ1n) is 5.78. The van der Waals surface area contributed by atoms with Crippen molar-refractivity contribution in [3.8, 4) is 6.07 Å². The zero-order valence-electron chi connectivity index (χ0n) is 10.4. The molecule has 0 radical (unpaired) electrons. The first-order chi connectivity index (χ1) is 8.78. The van der Waals surface area contributed by atoms with Gasteiger partial charge in [-0.3, -0.25) is 0 Å². The number of H-pyrrole nitrogens is 1. The molecule has 1 N–H and O–H groups in total. The van der Waals surface area contributed by atoms with Crippen LogP contribution in [0.2, 0.25) is 0 Å². The van der Waals surface area contributed by atoms with Gasteiger partial charge < -0.3 is 9.82 Å². The molecule has 1 aromatic heterocycles. The molecule has 18 heavy (non-hydrogen) atoms. The largest absolute Gasteiger partial charge is 0.399 e. The van der Waals surface area contributed by atoms with Gasteiger partial charge in [0.25, 0.3) is 0 Å². The number of aromatic nitrogens is 2. The summed E-state index contributed by atoms with van der Waals surface area (Å²) in [6.45, 7) is 2.09. The van der Waals surface area contributed by atoms with Gasteiger partial charge in [-0.1, -0.05) is 24.6 Å². The Hall–Kier alpha value is -2.35.